The monoisotopic (exact) mass is 523 g/mol. The molecule has 0 spiro atoms. The summed E-state index contributed by atoms with van der Waals surface area (Å²) in [6, 6.07) is 43.8. The largest absolute Gasteiger partial charge is 0.455 e. The lowest BCUT2D eigenvalue weighted by atomic mass is 9.93. The van der Waals surface area contributed by atoms with Crippen LogP contribution < -0.4 is 0 Å². The van der Waals surface area contributed by atoms with E-state index in [-0.39, 0.29) is 0 Å². The Morgan fingerprint density at radius 1 is 0.390 bits per heavy atom. The van der Waals surface area contributed by atoms with Crippen molar-refractivity contribution in [2.75, 3.05) is 0 Å². The zero-order chi connectivity index (χ0) is 26.9. The fraction of sp³-hybridized carbons (Fsp3) is 0. The van der Waals surface area contributed by atoms with Crippen molar-refractivity contribution in [2.45, 2.75) is 0 Å². The van der Waals surface area contributed by atoms with E-state index in [1.165, 1.54) is 27.6 Å². The van der Waals surface area contributed by atoms with Crippen molar-refractivity contribution in [3.63, 3.8) is 0 Å². The summed E-state index contributed by atoms with van der Waals surface area (Å²) < 4.78 is 6.72. The molecule has 0 unspecified atom stereocenters. The predicted octanol–water partition coefficient (Wildman–Crippen LogP) is 9.57. The van der Waals surface area contributed by atoms with Crippen LogP contribution in [0.4, 0.5) is 0 Å². The second-order valence-corrected chi connectivity index (χ2v) is 10.4. The summed E-state index contributed by atoms with van der Waals surface area (Å²) in [6.45, 7) is 0. The molecule has 190 valence electrons. The zero-order valence-electron chi connectivity index (χ0n) is 21.9. The second-order valence-electron chi connectivity index (χ2n) is 10.4. The van der Waals surface area contributed by atoms with E-state index >= 15 is 0 Å². The third kappa shape index (κ3) is 3.25. The van der Waals surface area contributed by atoms with Crippen molar-refractivity contribution in [1.82, 2.24) is 15.0 Å². The molecule has 0 atom stereocenters. The van der Waals surface area contributed by atoms with Gasteiger partial charge in [0.1, 0.15) is 11.2 Å². The number of fused-ring (bicyclic) bond motifs is 3. The molecule has 1 aliphatic carbocycles. The normalized spacial score (nSPS) is 11.9. The highest BCUT2D eigenvalue weighted by atomic mass is 16.3. The van der Waals surface area contributed by atoms with E-state index in [2.05, 4.69) is 66.7 Å². The third-order valence-corrected chi connectivity index (χ3v) is 8.05. The van der Waals surface area contributed by atoms with Gasteiger partial charge in [-0.2, -0.15) is 0 Å². The number of nitrogens with zero attached hydrogens (tertiary/aromatic N) is 3. The van der Waals surface area contributed by atoms with Gasteiger partial charge in [0.25, 0.3) is 0 Å². The average molecular weight is 524 g/mol. The molecule has 6 aromatic carbocycles. The van der Waals surface area contributed by atoms with Crippen molar-refractivity contribution >= 4 is 32.7 Å². The van der Waals surface area contributed by atoms with Crippen LogP contribution in [0.25, 0.3) is 89.1 Å². The Labute approximate surface area is 235 Å². The van der Waals surface area contributed by atoms with E-state index < -0.39 is 0 Å². The SMILES string of the molecule is c1ccc(-c2nc(-c3ccccc3)nc(-c3cc4cccc5c4c4c3oc3cccc(c34)-c3ccccc3-5)n2)cc1. The minimum atomic E-state index is 0.590. The molecule has 4 heteroatoms. The van der Waals surface area contributed by atoms with Gasteiger partial charge in [-0.05, 0) is 39.8 Å². The molecular weight excluding hydrogens is 502 g/mol. The molecule has 2 aromatic heterocycles. The number of rotatable bonds is 3. The first-order valence-corrected chi connectivity index (χ1v) is 13.7. The molecule has 8 aromatic rings. The Balaban J connectivity index is 1.43. The Morgan fingerprint density at radius 2 is 0.927 bits per heavy atom. The maximum Gasteiger partial charge on any atom is 0.167 e. The summed E-state index contributed by atoms with van der Waals surface area (Å²) in [5.74, 6) is 1.85. The number of benzene rings is 6. The van der Waals surface area contributed by atoms with E-state index in [1.54, 1.807) is 0 Å². The standard InChI is InChI=1S/C37H21N3O/c1-3-11-22(12-4-1)35-38-36(23-13-5-2-6-14-23)40-37(39-35)29-21-24-15-9-18-27-25-16-7-8-17-26(25)28-19-10-20-30-32(28)33(31(24)27)34(29)41-30/h1-21H. The minimum absolute atomic E-state index is 0.590. The van der Waals surface area contributed by atoms with Crippen LogP contribution in [0.15, 0.2) is 132 Å². The number of hydrogen-bond acceptors (Lipinski definition) is 4. The molecule has 0 amide bonds. The van der Waals surface area contributed by atoms with Gasteiger partial charge in [0.2, 0.25) is 0 Å². The minimum Gasteiger partial charge on any atom is -0.455 e. The number of hydrogen-bond donors (Lipinski definition) is 0. The van der Waals surface area contributed by atoms with Crippen LogP contribution in [0, 0.1) is 0 Å². The van der Waals surface area contributed by atoms with Gasteiger partial charge < -0.3 is 4.42 Å². The van der Waals surface area contributed by atoms with Gasteiger partial charge in [-0.15, -0.1) is 0 Å². The maximum atomic E-state index is 6.72. The van der Waals surface area contributed by atoms with Gasteiger partial charge in [-0.25, -0.2) is 15.0 Å². The molecule has 1 aliphatic rings. The molecule has 0 aliphatic heterocycles. The smallest absolute Gasteiger partial charge is 0.167 e. The van der Waals surface area contributed by atoms with E-state index in [0.29, 0.717) is 17.5 Å². The maximum absolute atomic E-state index is 6.72. The molecule has 9 rings (SSSR count). The van der Waals surface area contributed by atoms with Crippen molar-refractivity contribution < 1.29 is 4.42 Å². The fourth-order valence-corrected chi connectivity index (χ4v) is 6.26. The number of furan rings is 1. The van der Waals surface area contributed by atoms with Gasteiger partial charge in [0.05, 0.1) is 5.56 Å². The van der Waals surface area contributed by atoms with Gasteiger partial charge in [0.15, 0.2) is 17.5 Å². The van der Waals surface area contributed by atoms with E-state index in [1.807, 2.05) is 60.7 Å². The Morgan fingerprint density at radius 3 is 1.59 bits per heavy atom. The highest BCUT2D eigenvalue weighted by molar-refractivity contribution is 6.30. The molecule has 4 nitrogen and oxygen atoms in total. The average Bonchev–Trinajstić information content (AvgIpc) is 3.39. The van der Waals surface area contributed by atoms with Gasteiger partial charge in [0, 0.05) is 27.3 Å². The molecule has 0 saturated carbocycles. The lowest BCUT2D eigenvalue weighted by molar-refractivity contribution is 0.670. The molecular formula is C37H21N3O. The topological polar surface area (TPSA) is 51.8 Å². The Kier molecular flexibility index (Phi) is 4.58. The van der Waals surface area contributed by atoms with Crippen LogP contribution in [-0.2, 0) is 0 Å². The highest BCUT2D eigenvalue weighted by Crippen LogP contribution is 2.50. The predicted molar refractivity (Wildman–Crippen MR) is 165 cm³/mol. The van der Waals surface area contributed by atoms with Gasteiger partial charge in [-0.3, -0.25) is 0 Å². The zero-order valence-corrected chi connectivity index (χ0v) is 21.9. The first-order valence-electron chi connectivity index (χ1n) is 13.7. The van der Waals surface area contributed by atoms with Crippen LogP contribution in [-0.4, -0.2) is 15.0 Å². The number of aromatic nitrogens is 3. The first-order chi connectivity index (χ1) is 20.3. The van der Waals surface area contributed by atoms with Crippen LogP contribution >= 0.6 is 0 Å². The Hall–Kier alpha value is -5.61. The molecule has 0 saturated heterocycles. The van der Waals surface area contributed by atoms with Crippen molar-refractivity contribution in [3.8, 4) is 56.4 Å². The van der Waals surface area contributed by atoms with Crippen LogP contribution in [0.1, 0.15) is 0 Å². The first kappa shape index (κ1) is 22.2. The summed E-state index contributed by atoms with van der Waals surface area (Å²) in [7, 11) is 0. The van der Waals surface area contributed by atoms with Crippen molar-refractivity contribution in [1.29, 1.82) is 0 Å². The van der Waals surface area contributed by atoms with Gasteiger partial charge >= 0.3 is 0 Å². The molecule has 0 radical (unpaired) electrons. The fourth-order valence-electron chi connectivity index (χ4n) is 6.26. The molecule has 2 heterocycles. The summed E-state index contributed by atoms with van der Waals surface area (Å²) in [5, 5.41) is 4.57. The second kappa shape index (κ2) is 8.44. The lowest BCUT2D eigenvalue weighted by Gasteiger charge is -2.12. The summed E-state index contributed by atoms with van der Waals surface area (Å²) >= 11 is 0. The van der Waals surface area contributed by atoms with E-state index in [9.17, 15) is 0 Å². The van der Waals surface area contributed by atoms with Crippen LogP contribution in [0.3, 0.4) is 0 Å². The molecule has 0 fully saturated rings. The molecule has 0 N–H and O–H groups in total. The van der Waals surface area contributed by atoms with E-state index in [0.717, 1.165) is 44.0 Å². The highest BCUT2D eigenvalue weighted by Gasteiger charge is 2.26. The van der Waals surface area contributed by atoms with Crippen LogP contribution in [0.2, 0.25) is 0 Å². The van der Waals surface area contributed by atoms with Crippen molar-refractivity contribution in [2.24, 2.45) is 0 Å². The summed E-state index contributed by atoms with van der Waals surface area (Å²) in [4.78, 5) is 15.0. The summed E-state index contributed by atoms with van der Waals surface area (Å²) in [5.41, 5.74) is 9.21. The van der Waals surface area contributed by atoms with Gasteiger partial charge in [-0.1, -0.05) is 115 Å². The van der Waals surface area contributed by atoms with Crippen molar-refractivity contribution in [3.05, 3.63) is 127 Å². The Bertz CT molecular complexity index is 2230. The molecule has 0 bridgehead atoms. The van der Waals surface area contributed by atoms with Crippen LogP contribution in [0.5, 0.6) is 0 Å². The molecule has 41 heavy (non-hydrogen) atoms. The lowest BCUT2D eigenvalue weighted by Crippen LogP contribution is -2.00. The van der Waals surface area contributed by atoms with E-state index in [4.69, 9.17) is 19.4 Å². The quantitative estimate of drug-likeness (QED) is 0.231. The summed E-state index contributed by atoms with van der Waals surface area (Å²) in [6.07, 6.45) is 0. The third-order valence-electron chi connectivity index (χ3n) is 8.05.